The fourth-order valence-corrected chi connectivity index (χ4v) is 7.47. The smallest absolute Gasteiger partial charge is 0.331 e. The van der Waals surface area contributed by atoms with Gasteiger partial charge in [-0.05, 0) is 174 Å². The zero-order valence-corrected chi connectivity index (χ0v) is 31.2. The second-order valence-electron chi connectivity index (χ2n) is 14.0. The van der Waals surface area contributed by atoms with Gasteiger partial charge in [-0.3, -0.25) is 0 Å². The molecule has 0 fully saturated rings. The van der Waals surface area contributed by atoms with E-state index >= 15 is 0 Å². The maximum absolute atomic E-state index is 10.8. The van der Waals surface area contributed by atoms with Crippen molar-refractivity contribution in [2.75, 3.05) is 0 Å². The summed E-state index contributed by atoms with van der Waals surface area (Å²) in [6, 6.07) is 22.6. The molecule has 0 N–H and O–H groups in total. The minimum Gasteiger partial charge on any atom is -0.361 e. The summed E-state index contributed by atoms with van der Waals surface area (Å²) in [5.41, 5.74) is 23.4. The minimum atomic E-state index is 0.0239. The van der Waals surface area contributed by atoms with Gasteiger partial charge in [-0.15, -0.1) is 0 Å². The highest BCUT2D eigenvalue weighted by molar-refractivity contribution is 14.1. The summed E-state index contributed by atoms with van der Waals surface area (Å²) in [7, 11) is 0. The molecule has 5 aromatic rings. The molecule has 0 unspecified atom stereocenters. The summed E-state index contributed by atoms with van der Waals surface area (Å²) >= 11 is 4.80. The van der Waals surface area contributed by atoms with E-state index in [0.29, 0.717) is 5.71 Å². The predicted molar refractivity (Wildman–Crippen MR) is 202 cm³/mol. The Hall–Kier alpha value is -2.54. The highest BCUT2D eigenvalue weighted by Gasteiger charge is 2.30. The van der Waals surface area contributed by atoms with Gasteiger partial charge in [-0.1, -0.05) is 77.9 Å². The van der Waals surface area contributed by atoms with Crippen LogP contribution in [-0.2, 0) is 10.8 Å². The number of halogens is 2. The Balaban J connectivity index is 1.96. The van der Waals surface area contributed by atoms with Gasteiger partial charge < -0.3 is 5.53 Å². The van der Waals surface area contributed by atoms with Gasteiger partial charge in [0.15, 0.2) is 0 Å². The van der Waals surface area contributed by atoms with Gasteiger partial charge in [0.05, 0.1) is 11.1 Å². The first-order valence-electron chi connectivity index (χ1n) is 14.8. The first kappa shape index (κ1) is 31.9. The Morgan fingerprint density at radius 2 is 0.930 bits per heavy atom. The molecule has 0 aliphatic rings. The predicted octanol–water partition coefficient (Wildman–Crippen LogP) is 11.8. The molecule has 0 aliphatic heterocycles. The van der Waals surface area contributed by atoms with E-state index in [1.54, 1.807) is 0 Å². The van der Waals surface area contributed by atoms with Crippen LogP contribution in [0.3, 0.4) is 0 Å². The van der Waals surface area contributed by atoms with Crippen LogP contribution in [0.25, 0.3) is 38.2 Å². The lowest BCUT2D eigenvalue weighted by Gasteiger charge is -2.24. The molecule has 220 valence electrons. The molecule has 0 bridgehead atoms. The Bertz CT molecular complexity index is 1890. The third kappa shape index (κ3) is 5.83. The van der Waals surface area contributed by atoms with E-state index in [1.807, 2.05) is 0 Å². The number of benzene rings is 5. The Morgan fingerprint density at radius 3 is 1.30 bits per heavy atom. The molecule has 0 spiro atoms. The largest absolute Gasteiger partial charge is 0.361 e. The average Bonchev–Trinajstić information content (AvgIpc) is 2.89. The van der Waals surface area contributed by atoms with E-state index in [-0.39, 0.29) is 10.8 Å². The zero-order valence-electron chi connectivity index (χ0n) is 26.9. The molecule has 0 heterocycles. The van der Waals surface area contributed by atoms with E-state index in [1.165, 1.54) is 44.2 Å². The number of aryl methyl sites for hydroxylation is 4. The van der Waals surface area contributed by atoms with Crippen LogP contribution in [0.4, 0.5) is 0 Å². The van der Waals surface area contributed by atoms with Crippen LogP contribution in [0.1, 0.15) is 86.1 Å². The monoisotopic (exact) mass is 790 g/mol. The lowest BCUT2D eigenvalue weighted by atomic mass is 9.79. The second kappa shape index (κ2) is 11.4. The number of hydrogen-bond donors (Lipinski definition) is 0. The summed E-state index contributed by atoms with van der Waals surface area (Å²) in [5, 5.41) is 4.53. The third-order valence-electron chi connectivity index (χ3n) is 8.66. The summed E-state index contributed by atoms with van der Waals surface area (Å²) in [4.78, 5) is 4.09. The van der Waals surface area contributed by atoms with Gasteiger partial charge in [0, 0.05) is 7.14 Å². The van der Waals surface area contributed by atoms with E-state index in [2.05, 4.69) is 180 Å². The average molecular weight is 791 g/mol. The Morgan fingerprint density at radius 1 is 0.535 bits per heavy atom. The maximum Gasteiger partial charge on any atom is 0.331 e. The van der Waals surface area contributed by atoms with Crippen molar-refractivity contribution in [1.82, 2.24) is 0 Å². The van der Waals surface area contributed by atoms with Crippen LogP contribution in [0, 0.1) is 34.8 Å². The SMILES string of the molecule is Cc1cc(C(C)(C)C)cc(C)c1C(=[N+]=[N-])c1c2cc(I)ccc2c(-c2c(C)cc(C(C)(C)C)cc2C)c2ccc(I)cc12. The van der Waals surface area contributed by atoms with Crippen molar-refractivity contribution in [1.29, 1.82) is 0 Å². The van der Waals surface area contributed by atoms with Crippen molar-refractivity contribution < 1.29 is 4.79 Å². The quantitative estimate of drug-likeness (QED) is 0.0574. The summed E-state index contributed by atoms with van der Waals surface area (Å²) < 4.78 is 2.29. The first-order valence-corrected chi connectivity index (χ1v) is 17.0. The van der Waals surface area contributed by atoms with Gasteiger partial charge >= 0.3 is 5.71 Å². The fourth-order valence-electron chi connectivity index (χ4n) is 6.48. The van der Waals surface area contributed by atoms with E-state index in [0.717, 1.165) is 40.2 Å². The Labute approximate surface area is 284 Å². The van der Waals surface area contributed by atoms with Crippen LogP contribution < -0.4 is 0 Å². The van der Waals surface area contributed by atoms with Gasteiger partial charge in [-0.2, -0.15) is 4.79 Å². The molecule has 0 saturated carbocycles. The highest BCUT2D eigenvalue weighted by atomic mass is 127. The normalized spacial score (nSPS) is 12.2. The van der Waals surface area contributed by atoms with Crippen molar-refractivity contribution >= 4 is 72.4 Å². The van der Waals surface area contributed by atoms with Crippen LogP contribution in [0.5, 0.6) is 0 Å². The molecule has 43 heavy (non-hydrogen) atoms. The molecule has 0 aromatic heterocycles. The number of hydrogen-bond acceptors (Lipinski definition) is 0. The van der Waals surface area contributed by atoms with E-state index in [4.69, 9.17) is 0 Å². The molecular weight excluding hydrogens is 750 g/mol. The zero-order chi connectivity index (χ0) is 31.6. The van der Waals surface area contributed by atoms with Crippen molar-refractivity contribution in [3.05, 3.63) is 118 Å². The van der Waals surface area contributed by atoms with Crippen LogP contribution in [0.2, 0.25) is 0 Å². The van der Waals surface area contributed by atoms with Crippen LogP contribution in [0.15, 0.2) is 60.7 Å². The molecule has 4 heteroatoms. The fraction of sp³-hybridized carbons (Fsp3) is 0.308. The van der Waals surface area contributed by atoms with E-state index in [9.17, 15) is 5.53 Å². The van der Waals surface area contributed by atoms with Crippen molar-refractivity contribution in [2.45, 2.75) is 80.1 Å². The van der Waals surface area contributed by atoms with Crippen molar-refractivity contribution in [3.8, 4) is 11.1 Å². The van der Waals surface area contributed by atoms with Crippen LogP contribution >= 0.6 is 45.2 Å². The van der Waals surface area contributed by atoms with Gasteiger partial charge in [0.2, 0.25) is 0 Å². The number of nitrogens with zero attached hydrogens (tertiary/aromatic N) is 2. The number of rotatable bonds is 3. The Kier molecular flexibility index (Phi) is 8.47. The molecule has 0 atom stereocenters. The molecule has 0 saturated heterocycles. The molecule has 0 amide bonds. The molecule has 0 radical (unpaired) electrons. The minimum absolute atomic E-state index is 0.0239. The lowest BCUT2D eigenvalue weighted by molar-refractivity contribution is -0.00264. The molecule has 5 aromatic carbocycles. The highest BCUT2D eigenvalue weighted by Crippen LogP contribution is 2.44. The van der Waals surface area contributed by atoms with Gasteiger partial charge in [0.1, 0.15) is 0 Å². The van der Waals surface area contributed by atoms with Crippen LogP contribution in [-0.4, -0.2) is 10.5 Å². The van der Waals surface area contributed by atoms with Crippen molar-refractivity contribution in [3.63, 3.8) is 0 Å². The summed E-state index contributed by atoms with van der Waals surface area (Å²) in [6.45, 7) is 22.3. The summed E-state index contributed by atoms with van der Waals surface area (Å²) in [5.74, 6) is 0. The maximum atomic E-state index is 10.8. The third-order valence-corrected chi connectivity index (χ3v) is 10.0. The molecule has 2 nitrogen and oxygen atoms in total. The molecular formula is C39H40I2N2. The molecule has 0 aliphatic carbocycles. The van der Waals surface area contributed by atoms with E-state index < -0.39 is 0 Å². The first-order chi connectivity index (χ1) is 20.0. The molecule has 5 rings (SSSR count). The summed E-state index contributed by atoms with van der Waals surface area (Å²) in [6.07, 6.45) is 0. The van der Waals surface area contributed by atoms with Crippen molar-refractivity contribution in [2.24, 2.45) is 0 Å². The van der Waals surface area contributed by atoms with Gasteiger partial charge in [0.25, 0.3) is 0 Å². The number of fused-ring (bicyclic) bond motifs is 2. The van der Waals surface area contributed by atoms with Gasteiger partial charge in [-0.25, -0.2) is 0 Å². The standard InChI is InChI=1S/C39H40I2N2/c1-21-15-25(38(5,6)7)16-22(2)33(21)35-29-13-11-27(40)19-31(29)36(32-20-28(41)12-14-30(32)35)37(43-42)34-23(3)17-26(18-24(34)4)39(8,9)10/h11-20H,1-10H3. The topological polar surface area (TPSA) is 36.4 Å². The lowest BCUT2D eigenvalue weighted by Crippen LogP contribution is -2.16. The second-order valence-corrected chi connectivity index (χ2v) is 16.5.